The van der Waals surface area contributed by atoms with Gasteiger partial charge in [-0.1, -0.05) is 49.2 Å². The maximum atomic E-state index is 13.7. The van der Waals surface area contributed by atoms with Crippen molar-refractivity contribution in [1.29, 1.82) is 0 Å². The molecule has 2 aromatic carbocycles. The van der Waals surface area contributed by atoms with Gasteiger partial charge in [0.1, 0.15) is 18.3 Å². The summed E-state index contributed by atoms with van der Waals surface area (Å²) in [7, 11) is -2.33. The van der Waals surface area contributed by atoms with Crippen LogP contribution in [0.15, 0.2) is 42.5 Å². The molecule has 0 fully saturated rings. The van der Waals surface area contributed by atoms with Gasteiger partial charge < -0.3 is 15.0 Å². The molecule has 2 atom stereocenters. The Morgan fingerprint density at radius 3 is 2.08 bits per heavy atom. The molecule has 0 saturated carbocycles. The molecule has 0 spiro atoms. The number of nitrogens with one attached hydrogen (secondary N) is 1. The van der Waals surface area contributed by atoms with Gasteiger partial charge >= 0.3 is 0 Å². The summed E-state index contributed by atoms with van der Waals surface area (Å²) >= 11 is 12.2. The van der Waals surface area contributed by atoms with Crippen LogP contribution in [0.3, 0.4) is 0 Å². The zero-order valence-electron chi connectivity index (χ0n) is 21.1. The lowest BCUT2D eigenvalue weighted by molar-refractivity contribution is -0.140. The molecule has 0 aliphatic rings. The van der Waals surface area contributed by atoms with Crippen LogP contribution >= 0.6 is 23.2 Å². The molecular formula is C25H33Cl2N3O5S. The number of methoxy groups -OCH3 is 1. The largest absolute Gasteiger partial charge is 0.497 e. The molecule has 0 aromatic heterocycles. The number of sulfonamides is 1. The number of amides is 2. The third-order valence-corrected chi connectivity index (χ3v) is 7.29. The number of ether oxygens (including phenoxy) is 1. The van der Waals surface area contributed by atoms with E-state index in [-0.39, 0.29) is 34.2 Å². The van der Waals surface area contributed by atoms with Gasteiger partial charge in [-0.2, -0.15) is 0 Å². The van der Waals surface area contributed by atoms with Gasteiger partial charge in [0.25, 0.3) is 0 Å². The summed E-state index contributed by atoms with van der Waals surface area (Å²) in [6.07, 6.45) is 2.06. The van der Waals surface area contributed by atoms with E-state index in [1.165, 1.54) is 23.1 Å². The average Bonchev–Trinajstić information content (AvgIpc) is 2.81. The molecule has 0 aliphatic carbocycles. The van der Waals surface area contributed by atoms with E-state index < -0.39 is 28.5 Å². The van der Waals surface area contributed by atoms with Crippen LogP contribution in [-0.2, 0) is 26.2 Å². The molecule has 11 heteroatoms. The minimum absolute atomic E-state index is 0.0781. The second-order valence-corrected chi connectivity index (χ2v) is 11.3. The number of carbonyl (C=O) groups is 2. The fraction of sp³-hybridized carbons (Fsp3) is 0.440. The number of anilines is 1. The Bertz CT molecular complexity index is 1140. The first-order valence-electron chi connectivity index (χ1n) is 11.6. The predicted molar refractivity (Wildman–Crippen MR) is 144 cm³/mol. The van der Waals surface area contributed by atoms with Crippen LogP contribution in [0.5, 0.6) is 5.75 Å². The van der Waals surface area contributed by atoms with Gasteiger partial charge in [-0.3, -0.25) is 13.9 Å². The fourth-order valence-corrected chi connectivity index (χ4v) is 4.93. The van der Waals surface area contributed by atoms with Crippen molar-refractivity contribution in [2.75, 3.05) is 24.2 Å². The summed E-state index contributed by atoms with van der Waals surface area (Å²) < 4.78 is 31.5. The fourth-order valence-electron chi connectivity index (χ4n) is 3.59. The molecular weight excluding hydrogens is 525 g/mol. The van der Waals surface area contributed by atoms with E-state index in [1.54, 1.807) is 38.3 Å². The predicted octanol–water partition coefficient (Wildman–Crippen LogP) is 4.49. The lowest BCUT2D eigenvalue weighted by atomic mass is 10.1. The number of rotatable bonds is 12. The van der Waals surface area contributed by atoms with Crippen molar-refractivity contribution >= 4 is 50.7 Å². The van der Waals surface area contributed by atoms with Gasteiger partial charge in [-0.25, -0.2) is 8.42 Å². The minimum Gasteiger partial charge on any atom is -0.497 e. The van der Waals surface area contributed by atoms with Crippen LogP contribution in [0.25, 0.3) is 0 Å². The van der Waals surface area contributed by atoms with Gasteiger partial charge in [-0.05, 0) is 55.7 Å². The Labute approximate surface area is 223 Å². The second-order valence-electron chi connectivity index (χ2n) is 8.51. The normalized spacial score (nSPS) is 13.0. The van der Waals surface area contributed by atoms with Crippen LogP contribution in [0.2, 0.25) is 10.0 Å². The quantitative estimate of drug-likeness (QED) is 0.414. The van der Waals surface area contributed by atoms with Crippen LogP contribution in [-0.4, -0.2) is 57.1 Å². The second kappa shape index (κ2) is 13.2. The summed E-state index contributed by atoms with van der Waals surface area (Å²) in [5.74, 6) is -0.192. The number of benzene rings is 2. The third-order valence-electron chi connectivity index (χ3n) is 5.71. The first-order chi connectivity index (χ1) is 16.9. The Morgan fingerprint density at radius 1 is 1.03 bits per heavy atom. The van der Waals surface area contributed by atoms with Crippen molar-refractivity contribution in [3.8, 4) is 5.75 Å². The number of nitrogens with zero attached hydrogens (tertiary/aromatic N) is 2. The Balaban J connectivity index is 2.46. The van der Waals surface area contributed by atoms with E-state index in [1.807, 2.05) is 13.8 Å². The van der Waals surface area contributed by atoms with Crippen molar-refractivity contribution < 1.29 is 22.7 Å². The van der Waals surface area contributed by atoms with Crippen LogP contribution in [0.4, 0.5) is 5.69 Å². The van der Waals surface area contributed by atoms with E-state index in [9.17, 15) is 18.0 Å². The highest BCUT2D eigenvalue weighted by atomic mass is 35.5. The van der Waals surface area contributed by atoms with Crippen molar-refractivity contribution in [3.63, 3.8) is 0 Å². The van der Waals surface area contributed by atoms with Gasteiger partial charge in [0.15, 0.2) is 0 Å². The summed E-state index contributed by atoms with van der Waals surface area (Å²) in [6, 6.07) is 10.5. The zero-order valence-corrected chi connectivity index (χ0v) is 23.5. The molecule has 8 nitrogen and oxygen atoms in total. The lowest BCUT2D eigenvalue weighted by Crippen LogP contribution is -2.53. The van der Waals surface area contributed by atoms with Crippen LogP contribution in [0.1, 0.15) is 39.2 Å². The van der Waals surface area contributed by atoms with Crippen molar-refractivity contribution in [1.82, 2.24) is 10.2 Å². The molecule has 0 aliphatic heterocycles. The molecule has 0 radical (unpaired) electrons. The van der Waals surface area contributed by atoms with E-state index >= 15 is 0 Å². The molecule has 2 rings (SSSR count). The Hall–Kier alpha value is -2.49. The molecule has 0 bridgehead atoms. The standard InChI is InChI=1S/C25H33Cl2N3O5S/c1-6-17(3)28-25(32)23(7-2)29(15-18-8-10-22(35-4)11-9-18)24(31)16-30(36(5,33)34)21-13-19(26)12-20(27)14-21/h8-14,17,23H,6-7,15-16H2,1-5H3,(H,28,32)/t17-,23-/m1/s1. The van der Waals surface area contributed by atoms with Gasteiger partial charge in [-0.15, -0.1) is 0 Å². The van der Waals surface area contributed by atoms with E-state index in [2.05, 4.69) is 5.32 Å². The van der Waals surface area contributed by atoms with E-state index in [4.69, 9.17) is 27.9 Å². The first kappa shape index (κ1) is 29.7. The smallest absolute Gasteiger partial charge is 0.244 e. The van der Waals surface area contributed by atoms with Crippen molar-refractivity contribution in [3.05, 3.63) is 58.1 Å². The first-order valence-corrected chi connectivity index (χ1v) is 14.2. The van der Waals surface area contributed by atoms with Crippen LogP contribution in [0, 0.1) is 0 Å². The van der Waals surface area contributed by atoms with Crippen molar-refractivity contribution in [2.24, 2.45) is 0 Å². The third kappa shape index (κ3) is 8.28. The molecule has 0 saturated heterocycles. The van der Waals surface area contributed by atoms with Crippen molar-refractivity contribution in [2.45, 2.75) is 52.2 Å². The van der Waals surface area contributed by atoms with Crippen LogP contribution < -0.4 is 14.4 Å². The number of halogens is 2. The number of hydrogen-bond acceptors (Lipinski definition) is 5. The average molecular weight is 559 g/mol. The monoisotopic (exact) mass is 557 g/mol. The molecule has 36 heavy (non-hydrogen) atoms. The number of carbonyl (C=O) groups excluding carboxylic acids is 2. The highest BCUT2D eigenvalue weighted by molar-refractivity contribution is 7.92. The molecule has 1 N–H and O–H groups in total. The minimum atomic E-state index is -3.89. The van der Waals surface area contributed by atoms with E-state index in [0.29, 0.717) is 12.2 Å². The number of hydrogen-bond donors (Lipinski definition) is 1. The van der Waals surface area contributed by atoms with Gasteiger partial charge in [0.05, 0.1) is 19.1 Å². The summed E-state index contributed by atoms with van der Waals surface area (Å²) in [4.78, 5) is 28.2. The molecule has 0 unspecified atom stereocenters. The Kier molecular flexibility index (Phi) is 10.9. The maximum absolute atomic E-state index is 13.7. The molecule has 2 amide bonds. The SMILES string of the molecule is CC[C@@H](C)NC(=O)[C@@H](CC)N(Cc1ccc(OC)cc1)C(=O)CN(c1cc(Cl)cc(Cl)c1)S(C)(=O)=O. The van der Waals surface area contributed by atoms with Gasteiger partial charge in [0.2, 0.25) is 21.8 Å². The topological polar surface area (TPSA) is 96.0 Å². The molecule has 2 aromatic rings. The summed E-state index contributed by atoms with van der Waals surface area (Å²) in [6.45, 7) is 5.21. The highest BCUT2D eigenvalue weighted by Crippen LogP contribution is 2.27. The summed E-state index contributed by atoms with van der Waals surface area (Å²) in [5, 5.41) is 3.39. The molecule has 0 heterocycles. The Morgan fingerprint density at radius 2 is 1.61 bits per heavy atom. The van der Waals surface area contributed by atoms with E-state index in [0.717, 1.165) is 22.5 Å². The zero-order chi connectivity index (χ0) is 27.0. The summed E-state index contributed by atoms with van der Waals surface area (Å²) in [5.41, 5.74) is 0.917. The molecule has 198 valence electrons. The maximum Gasteiger partial charge on any atom is 0.244 e. The van der Waals surface area contributed by atoms with Gasteiger partial charge in [0, 0.05) is 22.6 Å². The highest BCUT2D eigenvalue weighted by Gasteiger charge is 2.32. The lowest BCUT2D eigenvalue weighted by Gasteiger charge is -2.33.